The second kappa shape index (κ2) is 5.29. The normalized spacial score (nSPS) is 24.5. The molecule has 0 radical (unpaired) electrons. The van der Waals surface area contributed by atoms with E-state index in [-0.39, 0.29) is 26.7 Å². The summed E-state index contributed by atoms with van der Waals surface area (Å²) in [5, 5.41) is 0. The molecule has 0 amide bonds. The fourth-order valence-electron chi connectivity index (χ4n) is 1.56. The Balaban J connectivity index is 0.000001000. The summed E-state index contributed by atoms with van der Waals surface area (Å²) in [6, 6.07) is 0. The number of hydrogen-bond acceptors (Lipinski definition) is 2. The van der Waals surface area contributed by atoms with Crippen molar-refractivity contribution in [2.75, 3.05) is 0 Å². The molecule has 1 rings (SSSR count). The first kappa shape index (κ1) is 11.6. The maximum Gasteiger partial charge on any atom is 0.0636 e. The smallest absolute Gasteiger partial charge is 0.0636 e. The molecule has 0 spiro atoms. The number of rotatable bonds is 0. The molecule has 0 aliphatic heterocycles. The summed E-state index contributed by atoms with van der Waals surface area (Å²) in [7, 11) is 0. The Hall–Kier alpha value is 0.608. The molecule has 0 unspecified atom stereocenters. The summed E-state index contributed by atoms with van der Waals surface area (Å²) >= 11 is 0. The third-order valence-corrected chi connectivity index (χ3v) is 2.28. The SMILES string of the molecule is NC1(N)CCCCCCC1.[Pt]. The van der Waals surface area contributed by atoms with Crippen molar-refractivity contribution in [2.45, 2.75) is 50.6 Å². The summed E-state index contributed by atoms with van der Waals surface area (Å²) in [6.07, 6.45) is 8.45. The predicted molar refractivity (Wildman–Crippen MR) is 43.4 cm³/mol. The molecule has 0 heterocycles. The van der Waals surface area contributed by atoms with Crippen LogP contribution in [-0.4, -0.2) is 5.66 Å². The van der Waals surface area contributed by atoms with Gasteiger partial charge < -0.3 is 11.5 Å². The molecule has 0 aromatic rings. The summed E-state index contributed by atoms with van der Waals surface area (Å²) in [4.78, 5) is 0. The molecule has 11 heavy (non-hydrogen) atoms. The molecule has 4 N–H and O–H groups in total. The van der Waals surface area contributed by atoms with Crippen LogP contribution in [0.15, 0.2) is 0 Å². The van der Waals surface area contributed by atoms with E-state index in [4.69, 9.17) is 11.5 Å². The van der Waals surface area contributed by atoms with Gasteiger partial charge in [0.2, 0.25) is 0 Å². The zero-order valence-corrected chi connectivity index (χ0v) is 9.19. The Bertz CT molecular complexity index is 94.3. The van der Waals surface area contributed by atoms with Gasteiger partial charge in [0.1, 0.15) is 0 Å². The number of hydrogen-bond donors (Lipinski definition) is 2. The van der Waals surface area contributed by atoms with Crippen LogP contribution in [0.25, 0.3) is 0 Å². The van der Waals surface area contributed by atoms with Gasteiger partial charge in [-0.05, 0) is 12.8 Å². The van der Waals surface area contributed by atoms with Crippen molar-refractivity contribution in [2.24, 2.45) is 11.5 Å². The van der Waals surface area contributed by atoms with E-state index < -0.39 is 0 Å². The summed E-state index contributed by atoms with van der Waals surface area (Å²) in [5.41, 5.74) is 11.3. The second-order valence-corrected chi connectivity index (χ2v) is 3.50. The van der Waals surface area contributed by atoms with E-state index in [9.17, 15) is 0 Å². The van der Waals surface area contributed by atoms with E-state index in [0.717, 1.165) is 12.8 Å². The van der Waals surface area contributed by atoms with E-state index in [2.05, 4.69) is 0 Å². The van der Waals surface area contributed by atoms with Crippen LogP contribution in [0.5, 0.6) is 0 Å². The molecule has 1 aliphatic carbocycles. The second-order valence-electron chi connectivity index (χ2n) is 3.50. The minimum absolute atomic E-state index is 0. The minimum atomic E-state index is -0.347. The van der Waals surface area contributed by atoms with Crippen molar-refractivity contribution >= 4 is 0 Å². The quantitative estimate of drug-likeness (QED) is 0.656. The first-order valence-electron chi connectivity index (χ1n) is 4.28. The van der Waals surface area contributed by atoms with Gasteiger partial charge in [0.05, 0.1) is 5.66 Å². The fraction of sp³-hybridized carbons (Fsp3) is 1.00. The zero-order valence-electron chi connectivity index (χ0n) is 6.92. The summed E-state index contributed by atoms with van der Waals surface area (Å²) in [5.74, 6) is 0. The van der Waals surface area contributed by atoms with E-state index >= 15 is 0 Å². The van der Waals surface area contributed by atoms with Crippen LogP contribution in [0, 0.1) is 0 Å². The van der Waals surface area contributed by atoms with Gasteiger partial charge in [0, 0.05) is 21.1 Å². The Morgan fingerprint density at radius 3 is 1.55 bits per heavy atom. The van der Waals surface area contributed by atoms with E-state index in [1.54, 1.807) is 0 Å². The Morgan fingerprint density at radius 1 is 0.727 bits per heavy atom. The van der Waals surface area contributed by atoms with E-state index in [1.165, 1.54) is 32.1 Å². The molecule has 0 bridgehead atoms. The molecule has 0 aromatic heterocycles. The third-order valence-electron chi connectivity index (χ3n) is 2.28. The minimum Gasteiger partial charge on any atom is -0.313 e. The average molecular weight is 337 g/mol. The average Bonchev–Trinajstić information content (AvgIpc) is 1.81. The molecule has 0 atom stereocenters. The van der Waals surface area contributed by atoms with Crippen molar-refractivity contribution in [3.63, 3.8) is 0 Å². The van der Waals surface area contributed by atoms with Crippen LogP contribution in [0.1, 0.15) is 44.9 Å². The van der Waals surface area contributed by atoms with Crippen LogP contribution in [-0.2, 0) is 21.1 Å². The first-order valence-corrected chi connectivity index (χ1v) is 4.28. The fourth-order valence-corrected chi connectivity index (χ4v) is 1.56. The van der Waals surface area contributed by atoms with Crippen LogP contribution in [0.4, 0.5) is 0 Å². The Morgan fingerprint density at radius 2 is 1.09 bits per heavy atom. The maximum absolute atomic E-state index is 5.82. The molecule has 1 aliphatic rings. The van der Waals surface area contributed by atoms with Gasteiger partial charge in [-0.15, -0.1) is 0 Å². The van der Waals surface area contributed by atoms with Gasteiger partial charge in [-0.2, -0.15) is 0 Å². The maximum atomic E-state index is 5.82. The van der Waals surface area contributed by atoms with Gasteiger partial charge >= 0.3 is 0 Å². The Labute approximate surface area is 83.4 Å². The largest absolute Gasteiger partial charge is 0.313 e. The molecule has 0 aromatic carbocycles. The van der Waals surface area contributed by atoms with Gasteiger partial charge in [-0.3, -0.25) is 0 Å². The van der Waals surface area contributed by atoms with Crippen molar-refractivity contribution in [3.05, 3.63) is 0 Å². The molecule has 1 fully saturated rings. The molecule has 1 saturated carbocycles. The van der Waals surface area contributed by atoms with Gasteiger partial charge in [-0.1, -0.05) is 32.1 Å². The molecular weight excluding hydrogens is 319 g/mol. The van der Waals surface area contributed by atoms with Crippen molar-refractivity contribution in [3.8, 4) is 0 Å². The summed E-state index contributed by atoms with van der Waals surface area (Å²) in [6.45, 7) is 0. The van der Waals surface area contributed by atoms with Gasteiger partial charge in [0.25, 0.3) is 0 Å². The van der Waals surface area contributed by atoms with Crippen molar-refractivity contribution in [1.82, 2.24) is 0 Å². The van der Waals surface area contributed by atoms with Crippen LogP contribution in [0.2, 0.25) is 0 Å². The van der Waals surface area contributed by atoms with Crippen LogP contribution < -0.4 is 11.5 Å². The predicted octanol–water partition coefficient (Wildman–Crippen LogP) is 1.34. The molecule has 3 heteroatoms. The number of nitrogens with two attached hydrogens (primary N) is 2. The van der Waals surface area contributed by atoms with Crippen LogP contribution >= 0.6 is 0 Å². The van der Waals surface area contributed by atoms with Crippen LogP contribution in [0.3, 0.4) is 0 Å². The van der Waals surface area contributed by atoms with E-state index in [1.807, 2.05) is 0 Å². The van der Waals surface area contributed by atoms with Crippen molar-refractivity contribution in [1.29, 1.82) is 0 Å². The molecule has 0 saturated heterocycles. The van der Waals surface area contributed by atoms with E-state index in [0.29, 0.717) is 0 Å². The first-order chi connectivity index (χ1) is 4.71. The zero-order chi connectivity index (χ0) is 7.45. The molecule has 2 nitrogen and oxygen atoms in total. The molecular formula is C8H18N2Pt. The van der Waals surface area contributed by atoms with Gasteiger partial charge in [0.15, 0.2) is 0 Å². The van der Waals surface area contributed by atoms with Gasteiger partial charge in [-0.25, -0.2) is 0 Å². The Kier molecular flexibility index (Phi) is 5.58. The third kappa shape index (κ3) is 4.95. The monoisotopic (exact) mass is 337 g/mol. The summed E-state index contributed by atoms with van der Waals surface area (Å²) < 4.78 is 0. The molecule has 70 valence electrons. The standard InChI is InChI=1S/C8H18N2.Pt/c9-8(10)6-4-2-1-3-5-7-8;/h1-7,9-10H2;. The van der Waals surface area contributed by atoms with Crippen molar-refractivity contribution < 1.29 is 21.1 Å². The topological polar surface area (TPSA) is 52.0 Å².